The van der Waals surface area contributed by atoms with Gasteiger partial charge < -0.3 is 5.73 Å². The van der Waals surface area contributed by atoms with Gasteiger partial charge in [0.05, 0.1) is 10.6 Å². The number of hydrogen-bond donors (Lipinski definition) is 1. The van der Waals surface area contributed by atoms with Gasteiger partial charge >= 0.3 is 6.18 Å². The Morgan fingerprint density at radius 3 is 2.50 bits per heavy atom. The first kappa shape index (κ1) is 13.1. The Kier molecular flexibility index (Phi) is 3.99. The molecule has 16 heavy (non-hydrogen) atoms. The molecule has 0 fully saturated rings. The Bertz CT molecular complexity index is 399. The van der Waals surface area contributed by atoms with Gasteiger partial charge in [-0.15, -0.1) is 0 Å². The van der Waals surface area contributed by atoms with Crippen molar-refractivity contribution < 1.29 is 13.2 Å². The highest BCUT2D eigenvalue weighted by atomic mass is 35.5. The third-order valence-electron chi connectivity index (χ3n) is 2.13. The second kappa shape index (κ2) is 4.89. The molecule has 0 heterocycles. The van der Waals surface area contributed by atoms with Crippen molar-refractivity contribution in [3.05, 3.63) is 40.9 Å². The molecule has 88 valence electrons. The molecule has 0 aliphatic carbocycles. The standard InChI is InChI=1S/C11H11ClF3N/c1-7(4-5-16)8-2-3-10(12)9(6-8)11(13,14)15/h2-3,6H,1,4-5,16H2. The normalized spacial score (nSPS) is 11.6. The van der Waals surface area contributed by atoms with Crippen molar-refractivity contribution in [2.75, 3.05) is 6.54 Å². The van der Waals surface area contributed by atoms with Crippen LogP contribution < -0.4 is 5.73 Å². The van der Waals surface area contributed by atoms with E-state index in [0.29, 0.717) is 24.1 Å². The third-order valence-corrected chi connectivity index (χ3v) is 2.46. The molecule has 1 aromatic carbocycles. The summed E-state index contributed by atoms with van der Waals surface area (Å²) in [6.07, 6.45) is -3.99. The molecule has 0 saturated heterocycles. The van der Waals surface area contributed by atoms with Crippen molar-refractivity contribution in [2.45, 2.75) is 12.6 Å². The average Bonchev–Trinajstić information content (AvgIpc) is 2.16. The summed E-state index contributed by atoms with van der Waals surface area (Å²) in [5.74, 6) is 0. The van der Waals surface area contributed by atoms with E-state index < -0.39 is 11.7 Å². The Morgan fingerprint density at radius 1 is 1.38 bits per heavy atom. The van der Waals surface area contributed by atoms with Crippen LogP contribution in [0.3, 0.4) is 0 Å². The molecule has 0 spiro atoms. The summed E-state index contributed by atoms with van der Waals surface area (Å²) in [4.78, 5) is 0. The smallest absolute Gasteiger partial charge is 0.330 e. The van der Waals surface area contributed by atoms with Crippen LogP contribution in [0.5, 0.6) is 0 Å². The molecule has 0 aromatic heterocycles. The molecule has 0 amide bonds. The van der Waals surface area contributed by atoms with Gasteiger partial charge in [0, 0.05) is 0 Å². The molecule has 0 saturated carbocycles. The van der Waals surface area contributed by atoms with E-state index in [0.717, 1.165) is 6.07 Å². The van der Waals surface area contributed by atoms with Crippen molar-refractivity contribution >= 4 is 17.2 Å². The largest absolute Gasteiger partial charge is 0.417 e. The summed E-state index contributed by atoms with van der Waals surface area (Å²) in [6.45, 7) is 4.03. The van der Waals surface area contributed by atoms with Gasteiger partial charge in [-0.1, -0.05) is 24.2 Å². The predicted molar refractivity (Wildman–Crippen MR) is 59.2 cm³/mol. The number of hydrogen-bond acceptors (Lipinski definition) is 1. The van der Waals surface area contributed by atoms with E-state index in [1.165, 1.54) is 12.1 Å². The van der Waals surface area contributed by atoms with Crippen molar-refractivity contribution in [1.82, 2.24) is 0 Å². The summed E-state index contributed by atoms with van der Waals surface area (Å²) in [5, 5.41) is -0.309. The first-order valence-corrected chi connectivity index (χ1v) is 4.99. The molecular formula is C11H11ClF3N. The fraction of sp³-hybridized carbons (Fsp3) is 0.273. The Morgan fingerprint density at radius 2 is 2.00 bits per heavy atom. The summed E-state index contributed by atoms with van der Waals surface area (Å²) in [5.41, 5.74) is 5.46. The minimum absolute atomic E-state index is 0.309. The highest BCUT2D eigenvalue weighted by Crippen LogP contribution is 2.36. The molecule has 1 aromatic rings. The maximum Gasteiger partial charge on any atom is 0.417 e. The topological polar surface area (TPSA) is 26.0 Å². The molecule has 0 unspecified atom stereocenters. The van der Waals surface area contributed by atoms with Crippen LogP contribution in [0, 0.1) is 0 Å². The highest BCUT2D eigenvalue weighted by Gasteiger charge is 2.33. The van der Waals surface area contributed by atoms with Crippen molar-refractivity contribution in [1.29, 1.82) is 0 Å². The minimum atomic E-state index is -4.45. The molecular weight excluding hydrogens is 239 g/mol. The number of nitrogens with two attached hydrogens (primary N) is 1. The molecule has 1 nitrogen and oxygen atoms in total. The summed E-state index contributed by atoms with van der Waals surface area (Å²) < 4.78 is 37.6. The van der Waals surface area contributed by atoms with E-state index in [1.54, 1.807) is 0 Å². The lowest BCUT2D eigenvalue weighted by atomic mass is 10.0. The average molecular weight is 250 g/mol. The second-order valence-electron chi connectivity index (χ2n) is 3.33. The van der Waals surface area contributed by atoms with Crippen LogP contribution in [-0.4, -0.2) is 6.54 Å². The summed E-state index contributed by atoms with van der Waals surface area (Å²) in [6, 6.07) is 3.73. The zero-order valence-electron chi connectivity index (χ0n) is 8.44. The summed E-state index contributed by atoms with van der Waals surface area (Å²) >= 11 is 5.49. The lowest BCUT2D eigenvalue weighted by molar-refractivity contribution is -0.137. The number of alkyl halides is 3. The first-order chi connectivity index (χ1) is 7.36. The van der Waals surface area contributed by atoms with Crippen molar-refractivity contribution in [3.63, 3.8) is 0 Å². The van der Waals surface area contributed by atoms with Gasteiger partial charge in [0.15, 0.2) is 0 Å². The van der Waals surface area contributed by atoms with E-state index in [9.17, 15) is 13.2 Å². The quantitative estimate of drug-likeness (QED) is 0.868. The summed E-state index contributed by atoms with van der Waals surface area (Å²) in [7, 11) is 0. The number of halogens is 4. The van der Waals surface area contributed by atoms with Gasteiger partial charge in [-0.05, 0) is 36.2 Å². The van der Waals surface area contributed by atoms with E-state index in [-0.39, 0.29) is 5.02 Å². The van der Waals surface area contributed by atoms with Crippen LogP contribution in [0.4, 0.5) is 13.2 Å². The Labute approximate surface area is 96.7 Å². The molecule has 2 N–H and O–H groups in total. The zero-order valence-corrected chi connectivity index (χ0v) is 9.20. The molecule has 5 heteroatoms. The fourth-order valence-electron chi connectivity index (χ4n) is 1.28. The van der Waals surface area contributed by atoms with Crippen LogP contribution in [0.1, 0.15) is 17.5 Å². The SMILES string of the molecule is C=C(CCN)c1ccc(Cl)c(C(F)(F)F)c1. The lowest BCUT2D eigenvalue weighted by Gasteiger charge is -2.11. The van der Waals surface area contributed by atoms with Crippen molar-refractivity contribution in [2.24, 2.45) is 5.73 Å². The molecule has 0 aliphatic rings. The maximum absolute atomic E-state index is 12.5. The molecule has 1 rings (SSSR count). The monoisotopic (exact) mass is 249 g/mol. The first-order valence-electron chi connectivity index (χ1n) is 4.61. The predicted octanol–water partition coefficient (Wildman–Crippen LogP) is 3.72. The zero-order chi connectivity index (χ0) is 12.3. The van der Waals surface area contributed by atoms with E-state index >= 15 is 0 Å². The second-order valence-corrected chi connectivity index (χ2v) is 3.74. The van der Waals surface area contributed by atoms with Gasteiger partial charge in [-0.3, -0.25) is 0 Å². The Hall–Kier alpha value is -1.00. The van der Waals surface area contributed by atoms with Crippen molar-refractivity contribution in [3.8, 4) is 0 Å². The van der Waals surface area contributed by atoms with Gasteiger partial charge in [0.25, 0.3) is 0 Å². The van der Waals surface area contributed by atoms with Gasteiger partial charge in [0.1, 0.15) is 0 Å². The van der Waals surface area contributed by atoms with Crippen LogP contribution in [0.25, 0.3) is 5.57 Å². The van der Waals surface area contributed by atoms with Crippen LogP contribution in [-0.2, 0) is 6.18 Å². The van der Waals surface area contributed by atoms with E-state index in [2.05, 4.69) is 6.58 Å². The molecule has 0 bridgehead atoms. The van der Waals surface area contributed by atoms with Gasteiger partial charge in [-0.25, -0.2) is 0 Å². The maximum atomic E-state index is 12.5. The highest BCUT2D eigenvalue weighted by molar-refractivity contribution is 6.31. The van der Waals surface area contributed by atoms with Gasteiger partial charge in [0.2, 0.25) is 0 Å². The number of rotatable bonds is 3. The van der Waals surface area contributed by atoms with E-state index in [4.69, 9.17) is 17.3 Å². The molecule has 0 radical (unpaired) electrons. The van der Waals surface area contributed by atoms with Crippen LogP contribution in [0.15, 0.2) is 24.8 Å². The molecule has 0 atom stereocenters. The molecule has 0 aliphatic heterocycles. The Balaban J connectivity index is 3.13. The van der Waals surface area contributed by atoms with Gasteiger partial charge in [-0.2, -0.15) is 13.2 Å². The number of benzene rings is 1. The van der Waals surface area contributed by atoms with Crippen LogP contribution in [0.2, 0.25) is 5.02 Å². The fourth-order valence-corrected chi connectivity index (χ4v) is 1.51. The van der Waals surface area contributed by atoms with E-state index in [1.807, 2.05) is 0 Å². The van der Waals surface area contributed by atoms with Crippen LogP contribution >= 0.6 is 11.6 Å². The minimum Gasteiger partial charge on any atom is -0.330 e. The third kappa shape index (κ3) is 3.00. The lowest BCUT2D eigenvalue weighted by Crippen LogP contribution is -2.07.